The molecule has 0 amide bonds. The number of phenolic OH excluding ortho intramolecular Hbond substituents is 1. The van der Waals surface area contributed by atoms with Crippen molar-refractivity contribution >= 4 is 22.6 Å². The number of aromatic amines is 1. The lowest BCUT2D eigenvalue weighted by atomic mass is 10.0. The molecule has 24 heavy (non-hydrogen) atoms. The van der Waals surface area contributed by atoms with Gasteiger partial charge < -0.3 is 10.1 Å². The van der Waals surface area contributed by atoms with Crippen LogP contribution in [0, 0.1) is 5.82 Å². The molecule has 2 N–H and O–H groups in total. The van der Waals surface area contributed by atoms with Crippen molar-refractivity contribution < 1.29 is 9.50 Å². The number of hydrogen-bond acceptors (Lipinski definition) is 2. The first-order valence-electron chi connectivity index (χ1n) is 7.34. The Morgan fingerprint density at radius 1 is 1.00 bits per heavy atom. The molecule has 0 fully saturated rings. The molecular formula is C19H12ClFN2O. The molecule has 0 atom stereocenters. The summed E-state index contributed by atoms with van der Waals surface area (Å²) < 4.78 is 13.4. The van der Waals surface area contributed by atoms with Crippen molar-refractivity contribution in [3.63, 3.8) is 0 Å². The minimum atomic E-state index is -0.446. The summed E-state index contributed by atoms with van der Waals surface area (Å²) in [7, 11) is 0. The van der Waals surface area contributed by atoms with E-state index >= 15 is 0 Å². The average molecular weight is 339 g/mol. The summed E-state index contributed by atoms with van der Waals surface area (Å²) >= 11 is 5.90. The standard InChI is InChI=1S/C19H12ClFN2O/c20-17-8-12(4-5-18(17)21)16-10-23-19-15(16)7-13(9-22-19)11-2-1-3-14(24)6-11/h1-10,24H,(H,22,23). The third-order valence-corrected chi connectivity index (χ3v) is 4.23. The maximum Gasteiger partial charge on any atom is 0.141 e. The molecule has 0 bridgehead atoms. The number of fused-ring (bicyclic) bond motifs is 1. The van der Waals surface area contributed by atoms with E-state index in [1.54, 1.807) is 36.5 Å². The Bertz CT molecular complexity index is 1060. The Hall–Kier alpha value is -2.85. The Morgan fingerprint density at radius 3 is 2.67 bits per heavy atom. The van der Waals surface area contributed by atoms with Crippen molar-refractivity contribution in [2.24, 2.45) is 0 Å². The van der Waals surface area contributed by atoms with Crippen LogP contribution in [0.5, 0.6) is 5.75 Å². The topological polar surface area (TPSA) is 48.9 Å². The minimum Gasteiger partial charge on any atom is -0.508 e. The van der Waals surface area contributed by atoms with Crippen LogP contribution in [0.3, 0.4) is 0 Å². The second-order valence-corrected chi connectivity index (χ2v) is 5.91. The molecule has 3 nitrogen and oxygen atoms in total. The first-order valence-corrected chi connectivity index (χ1v) is 7.71. The summed E-state index contributed by atoms with van der Waals surface area (Å²) in [6.07, 6.45) is 3.57. The molecule has 2 aromatic carbocycles. The molecule has 0 aliphatic rings. The molecule has 0 spiro atoms. The van der Waals surface area contributed by atoms with Gasteiger partial charge in [0.1, 0.15) is 17.2 Å². The molecular weight excluding hydrogens is 327 g/mol. The van der Waals surface area contributed by atoms with Gasteiger partial charge in [0.2, 0.25) is 0 Å². The molecule has 118 valence electrons. The van der Waals surface area contributed by atoms with Gasteiger partial charge in [-0.15, -0.1) is 0 Å². The van der Waals surface area contributed by atoms with Crippen LogP contribution in [-0.4, -0.2) is 15.1 Å². The van der Waals surface area contributed by atoms with E-state index in [9.17, 15) is 9.50 Å². The maximum absolute atomic E-state index is 13.4. The lowest BCUT2D eigenvalue weighted by Gasteiger charge is -2.05. The van der Waals surface area contributed by atoms with E-state index in [0.29, 0.717) is 0 Å². The molecule has 5 heteroatoms. The van der Waals surface area contributed by atoms with Crippen molar-refractivity contribution in [1.82, 2.24) is 9.97 Å². The number of nitrogens with zero attached hydrogens (tertiary/aromatic N) is 1. The zero-order valence-corrected chi connectivity index (χ0v) is 13.2. The molecule has 0 radical (unpaired) electrons. The predicted molar refractivity (Wildman–Crippen MR) is 93.6 cm³/mol. The first-order chi connectivity index (χ1) is 11.6. The third-order valence-electron chi connectivity index (χ3n) is 3.94. The van der Waals surface area contributed by atoms with Gasteiger partial charge >= 0.3 is 0 Å². The van der Waals surface area contributed by atoms with Crippen molar-refractivity contribution in [3.05, 3.63) is 71.8 Å². The first kappa shape index (κ1) is 14.7. The summed E-state index contributed by atoms with van der Waals surface area (Å²) in [6.45, 7) is 0. The van der Waals surface area contributed by atoms with Gasteiger partial charge in [-0.25, -0.2) is 9.37 Å². The van der Waals surface area contributed by atoms with Crippen LogP contribution in [0.15, 0.2) is 60.9 Å². The van der Waals surface area contributed by atoms with E-state index in [-0.39, 0.29) is 10.8 Å². The van der Waals surface area contributed by atoms with E-state index in [2.05, 4.69) is 9.97 Å². The molecule has 4 rings (SSSR count). The monoisotopic (exact) mass is 338 g/mol. The van der Waals surface area contributed by atoms with Gasteiger partial charge in [0.15, 0.2) is 0 Å². The quantitative estimate of drug-likeness (QED) is 0.514. The Balaban J connectivity index is 1.88. The third kappa shape index (κ3) is 2.51. The van der Waals surface area contributed by atoms with Crippen molar-refractivity contribution in [2.75, 3.05) is 0 Å². The molecule has 0 saturated carbocycles. The van der Waals surface area contributed by atoms with Gasteiger partial charge in [-0.1, -0.05) is 29.8 Å². The van der Waals surface area contributed by atoms with Gasteiger partial charge in [-0.05, 0) is 41.5 Å². The summed E-state index contributed by atoms with van der Waals surface area (Å²) in [4.78, 5) is 7.54. The molecule has 2 aromatic heterocycles. The number of pyridine rings is 1. The maximum atomic E-state index is 13.4. The van der Waals surface area contributed by atoms with Gasteiger partial charge in [-0.3, -0.25) is 0 Å². The second kappa shape index (κ2) is 5.65. The normalized spacial score (nSPS) is 11.1. The molecule has 0 aliphatic carbocycles. The summed E-state index contributed by atoms with van der Waals surface area (Å²) in [5, 5.41) is 10.6. The Morgan fingerprint density at radius 2 is 1.88 bits per heavy atom. The smallest absolute Gasteiger partial charge is 0.141 e. The highest BCUT2D eigenvalue weighted by Gasteiger charge is 2.11. The second-order valence-electron chi connectivity index (χ2n) is 5.50. The van der Waals surface area contributed by atoms with Gasteiger partial charge in [0, 0.05) is 28.9 Å². The molecule has 0 aliphatic heterocycles. The number of phenols is 1. The highest BCUT2D eigenvalue weighted by molar-refractivity contribution is 6.31. The van der Waals surface area contributed by atoms with Crippen LogP contribution in [0.2, 0.25) is 5.02 Å². The van der Waals surface area contributed by atoms with E-state index < -0.39 is 5.82 Å². The summed E-state index contributed by atoms with van der Waals surface area (Å²) in [6, 6.07) is 13.6. The highest BCUT2D eigenvalue weighted by Crippen LogP contribution is 2.33. The molecule has 0 unspecified atom stereocenters. The van der Waals surface area contributed by atoms with Gasteiger partial charge in [0.05, 0.1) is 5.02 Å². The molecule has 4 aromatic rings. The summed E-state index contributed by atoms with van der Waals surface area (Å²) in [5.41, 5.74) is 4.18. The molecule has 0 saturated heterocycles. The largest absolute Gasteiger partial charge is 0.508 e. The predicted octanol–water partition coefficient (Wildman–Crippen LogP) is 5.40. The number of benzene rings is 2. The zero-order chi connectivity index (χ0) is 16.7. The Labute approximate surface area is 142 Å². The lowest BCUT2D eigenvalue weighted by Crippen LogP contribution is -1.83. The van der Waals surface area contributed by atoms with Crippen LogP contribution < -0.4 is 0 Å². The SMILES string of the molecule is Oc1cccc(-c2cnc3[nH]cc(-c4ccc(F)c(Cl)c4)c3c2)c1. The number of rotatable bonds is 2. The summed E-state index contributed by atoms with van der Waals surface area (Å²) in [5.74, 6) is -0.244. The van der Waals surface area contributed by atoms with Crippen molar-refractivity contribution in [3.8, 4) is 28.0 Å². The number of aromatic hydroxyl groups is 1. The number of H-pyrrole nitrogens is 1. The van der Waals surface area contributed by atoms with Crippen LogP contribution in [0.25, 0.3) is 33.3 Å². The van der Waals surface area contributed by atoms with E-state index in [1.807, 2.05) is 18.3 Å². The number of aromatic nitrogens is 2. The minimum absolute atomic E-state index is 0.0824. The van der Waals surface area contributed by atoms with Gasteiger partial charge in [0.25, 0.3) is 0 Å². The van der Waals surface area contributed by atoms with E-state index in [0.717, 1.165) is 33.3 Å². The van der Waals surface area contributed by atoms with Crippen LogP contribution in [-0.2, 0) is 0 Å². The van der Waals surface area contributed by atoms with Gasteiger partial charge in [-0.2, -0.15) is 0 Å². The van der Waals surface area contributed by atoms with Crippen LogP contribution in [0.4, 0.5) is 4.39 Å². The van der Waals surface area contributed by atoms with Crippen molar-refractivity contribution in [1.29, 1.82) is 0 Å². The average Bonchev–Trinajstić information content (AvgIpc) is 3.00. The number of hydrogen-bond donors (Lipinski definition) is 2. The number of nitrogens with one attached hydrogen (secondary N) is 1. The molecule has 2 heterocycles. The fourth-order valence-electron chi connectivity index (χ4n) is 2.75. The zero-order valence-electron chi connectivity index (χ0n) is 12.4. The fourth-order valence-corrected chi connectivity index (χ4v) is 2.93. The lowest BCUT2D eigenvalue weighted by molar-refractivity contribution is 0.475. The van der Waals surface area contributed by atoms with E-state index in [4.69, 9.17) is 11.6 Å². The Kier molecular flexibility index (Phi) is 3.47. The van der Waals surface area contributed by atoms with Crippen LogP contribution >= 0.6 is 11.6 Å². The van der Waals surface area contributed by atoms with Crippen molar-refractivity contribution in [2.45, 2.75) is 0 Å². The number of halogens is 2. The van der Waals surface area contributed by atoms with E-state index in [1.165, 1.54) is 6.07 Å². The highest BCUT2D eigenvalue weighted by atomic mass is 35.5. The van der Waals surface area contributed by atoms with Crippen LogP contribution in [0.1, 0.15) is 0 Å². The fraction of sp³-hybridized carbons (Fsp3) is 0.